The number of ether oxygens (including phenoxy) is 1. The van der Waals surface area contributed by atoms with Crippen LogP contribution in [-0.2, 0) is 13.2 Å². The van der Waals surface area contributed by atoms with Crippen LogP contribution in [0.4, 0.5) is 0 Å². The lowest BCUT2D eigenvalue weighted by molar-refractivity contribution is 0.265. The van der Waals surface area contributed by atoms with Crippen LogP contribution in [0.5, 0.6) is 5.75 Å². The van der Waals surface area contributed by atoms with Gasteiger partial charge in [0.1, 0.15) is 23.9 Å². The molecular weight excluding hydrogens is 238 g/mol. The van der Waals surface area contributed by atoms with E-state index in [4.69, 9.17) is 9.15 Å². The van der Waals surface area contributed by atoms with Crippen LogP contribution in [0.15, 0.2) is 40.8 Å². The van der Waals surface area contributed by atoms with E-state index >= 15 is 0 Å². The molecule has 2 aromatic rings. The van der Waals surface area contributed by atoms with E-state index in [1.807, 2.05) is 36.4 Å². The van der Waals surface area contributed by atoms with Gasteiger partial charge in [-0.3, -0.25) is 0 Å². The Labute approximate surface area is 114 Å². The van der Waals surface area contributed by atoms with Gasteiger partial charge in [-0.2, -0.15) is 0 Å². The van der Waals surface area contributed by atoms with Crippen molar-refractivity contribution in [3.05, 3.63) is 53.5 Å². The van der Waals surface area contributed by atoms with Crippen LogP contribution in [0.25, 0.3) is 0 Å². The summed E-state index contributed by atoms with van der Waals surface area (Å²) < 4.78 is 11.4. The van der Waals surface area contributed by atoms with E-state index in [9.17, 15) is 0 Å². The SMILES string of the molecule is CCCNCc1ccc(COc2ccc(C)cc2)o1. The summed E-state index contributed by atoms with van der Waals surface area (Å²) in [5, 5.41) is 3.31. The number of hydrogen-bond acceptors (Lipinski definition) is 3. The van der Waals surface area contributed by atoms with Crippen molar-refractivity contribution in [1.82, 2.24) is 5.32 Å². The lowest BCUT2D eigenvalue weighted by Crippen LogP contribution is -2.13. The molecule has 2 rings (SSSR count). The van der Waals surface area contributed by atoms with E-state index in [-0.39, 0.29) is 0 Å². The molecule has 0 saturated carbocycles. The summed E-state index contributed by atoms with van der Waals surface area (Å²) in [6.45, 7) is 6.47. The Balaban J connectivity index is 1.81. The average Bonchev–Trinajstić information content (AvgIpc) is 2.86. The molecule has 1 aromatic carbocycles. The van der Waals surface area contributed by atoms with Crippen LogP contribution in [0.2, 0.25) is 0 Å². The minimum Gasteiger partial charge on any atom is -0.486 e. The molecule has 3 heteroatoms. The molecule has 0 spiro atoms. The van der Waals surface area contributed by atoms with Crippen LogP contribution in [0, 0.1) is 6.92 Å². The Bertz CT molecular complexity index is 488. The number of rotatable bonds is 7. The normalized spacial score (nSPS) is 10.6. The monoisotopic (exact) mass is 259 g/mol. The first-order chi connectivity index (χ1) is 9.28. The second-order valence-corrected chi connectivity index (χ2v) is 4.65. The van der Waals surface area contributed by atoms with Crippen LogP contribution >= 0.6 is 0 Å². The predicted molar refractivity (Wildman–Crippen MR) is 76.2 cm³/mol. The highest BCUT2D eigenvalue weighted by molar-refractivity contribution is 5.26. The smallest absolute Gasteiger partial charge is 0.146 e. The summed E-state index contributed by atoms with van der Waals surface area (Å²) in [5.41, 5.74) is 1.23. The minimum absolute atomic E-state index is 0.469. The second-order valence-electron chi connectivity index (χ2n) is 4.65. The molecule has 1 N–H and O–H groups in total. The van der Waals surface area contributed by atoms with Crippen molar-refractivity contribution < 1.29 is 9.15 Å². The molecule has 19 heavy (non-hydrogen) atoms. The maximum absolute atomic E-state index is 5.69. The van der Waals surface area contributed by atoms with E-state index in [0.29, 0.717) is 6.61 Å². The Kier molecular flexibility index (Phi) is 5.04. The Morgan fingerprint density at radius 3 is 2.53 bits per heavy atom. The highest BCUT2D eigenvalue weighted by Gasteiger charge is 2.02. The van der Waals surface area contributed by atoms with E-state index in [1.165, 1.54) is 5.56 Å². The number of nitrogens with one attached hydrogen (secondary N) is 1. The summed E-state index contributed by atoms with van der Waals surface area (Å²) in [6.07, 6.45) is 1.13. The zero-order valence-corrected chi connectivity index (χ0v) is 11.6. The molecule has 0 aliphatic rings. The summed E-state index contributed by atoms with van der Waals surface area (Å²) in [7, 11) is 0. The van der Waals surface area contributed by atoms with Crippen LogP contribution in [-0.4, -0.2) is 6.54 Å². The lowest BCUT2D eigenvalue weighted by Gasteiger charge is -2.04. The fraction of sp³-hybridized carbons (Fsp3) is 0.375. The van der Waals surface area contributed by atoms with Crippen molar-refractivity contribution in [2.45, 2.75) is 33.4 Å². The highest BCUT2D eigenvalue weighted by Crippen LogP contribution is 2.15. The van der Waals surface area contributed by atoms with Crippen LogP contribution in [0.3, 0.4) is 0 Å². The first-order valence-electron chi connectivity index (χ1n) is 6.75. The Morgan fingerprint density at radius 1 is 1.05 bits per heavy atom. The first kappa shape index (κ1) is 13.7. The predicted octanol–water partition coefficient (Wildman–Crippen LogP) is 3.67. The van der Waals surface area contributed by atoms with Crippen molar-refractivity contribution >= 4 is 0 Å². The van der Waals surface area contributed by atoms with Crippen molar-refractivity contribution in [1.29, 1.82) is 0 Å². The zero-order chi connectivity index (χ0) is 13.5. The standard InChI is InChI=1S/C16H21NO2/c1-3-10-17-11-15-8-9-16(19-15)12-18-14-6-4-13(2)5-7-14/h4-9,17H,3,10-12H2,1-2H3. The maximum atomic E-state index is 5.69. The average molecular weight is 259 g/mol. The number of benzene rings is 1. The van der Waals surface area contributed by atoms with Gasteiger partial charge in [-0.25, -0.2) is 0 Å². The number of furan rings is 1. The molecule has 0 atom stereocenters. The van der Waals surface area contributed by atoms with Gasteiger partial charge in [0.05, 0.1) is 6.54 Å². The molecule has 102 valence electrons. The molecule has 0 saturated heterocycles. The summed E-state index contributed by atoms with van der Waals surface area (Å²) in [6, 6.07) is 12.0. The molecule has 0 unspecified atom stereocenters. The first-order valence-corrected chi connectivity index (χ1v) is 6.75. The van der Waals surface area contributed by atoms with Crippen LogP contribution < -0.4 is 10.1 Å². The fourth-order valence-corrected chi connectivity index (χ4v) is 1.77. The van der Waals surface area contributed by atoms with Crippen molar-refractivity contribution in [3.63, 3.8) is 0 Å². The Morgan fingerprint density at radius 2 is 1.79 bits per heavy atom. The molecule has 0 amide bonds. The molecule has 0 aliphatic carbocycles. The number of aryl methyl sites for hydroxylation is 1. The minimum atomic E-state index is 0.469. The van der Waals surface area contributed by atoms with Gasteiger partial charge in [-0.1, -0.05) is 24.6 Å². The molecule has 1 heterocycles. The van der Waals surface area contributed by atoms with E-state index in [0.717, 1.165) is 36.8 Å². The van der Waals surface area contributed by atoms with Gasteiger partial charge in [0.15, 0.2) is 0 Å². The summed E-state index contributed by atoms with van der Waals surface area (Å²) >= 11 is 0. The molecule has 1 aromatic heterocycles. The third-order valence-corrected chi connectivity index (χ3v) is 2.85. The van der Waals surface area contributed by atoms with Crippen molar-refractivity contribution in [2.24, 2.45) is 0 Å². The van der Waals surface area contributed by atoms with Gasteiger partial charge in [0.2, 0.25) is 0 Å². The summed E-state index contributed by atoms with van der Waals surface area (Å²) in [4.78, 5) is 0. The van der Waals surface area contributed by atoms with E-state index in [1.54, 1.807) is 0 Å². The third kappa shape index (κ3) is 4.45. The molecule has 0 aliphatic heterocycles. The van der Waals surface area contributed by atoms with Crippen molar-refractivity contribution in [3.8, 4) is 5.75 Å². The van der Waals surface area contributed by atoms with Gasteiger partial charge in [-0.15, -0.1) is 0 Å². The molecule has 0 radical (unpaired) electrons. The molecule has 0 bridgehead atoms. The van der Waals surface area contributed by atoms with Crippen molar-refractivity contribution in [2.75, 3.05) is 6.54 Å². The topological polar surface area (TPSA) is 34.4 Å². The van der Waals surface area contributed by atoms with Gasteiger partial charge < -0.3 is 14.5 Å². The fourth-order valence-electron chi connectivity index (χ4n) is 1.77. The quantitative estimate of drug-likeness (QED) is 0.770. The van der Waals surface area contributed by atoms with E-state index in [2.05, 4.69) is 19.2 Å². The zero-order valence-electron chi connectivity index (χ0n) is 11.6. The third-order valence-electron chi connectivity index (χ3n) is 2.85. The van der Waals surface area contributed by atoms with Gasteiger partial charge in [-0.05, 0) is 44.2 Å². The maximum Gasteiger partial charge on any atom is 0.146 e. The molecular formula is C16H21NO2. The van der Waals surface area contributed by atoms with E-state index < -0.39 is 0 Å². The largest absolute Gasteiger partial charge is 0.486 e. The van der Waals surface area contributed by atoms with Gasteiger partial charge in [0, 0.05) is 0 Å². The Hall–Kier alpha value is -1.74. The molecule has 0 fully saturated rings. The highest BCUT2D eigenvalue weighted by atomic mass is 16.5. The van der Waals surface area contributed by atoms with Crippen LogP contribution in [0.1, 0.15) is 30.4 Å². The second kappa shape index (κ2) is 7.00. The van der Waals surface area contributed by atoms with Gasteiger partial charge in [0.25, 0.3) is 0 Å². The molecule has 3 nitrogen and oxygen atoms in total. The number of hydrogen-bond donors (Lipinski definition) is 1. The summed E-state index contributed by atoms with van der Waals surface area (Å²) in [5.74, 6) is 2.68. The van der Waals surface area contributed by atoms with Gasteiger partial charge >= 0.3 is 0 Å². The lowest BCUT2D eigenvalue weighted by atomic mass is 10.2.